The lowest BCUT2D eigenvalue weighted by Crippen LogP contribution is -2.44. The van der Waals surface area contributed by atoms with E-state index in [1.54, 1.807) is 30.9 Å². The van der Waals surface area contributed by atoms with Gasteiger partial charge in [0.15, 0.2) is 0 Å². The first-order valence-corrected chi connectivity index (χ1v) is 10.9. The van der Waals surface area contributed by atoms with Crippen molar-refractivity contribution in [3.05, 3.63) is 46.8 Å². The van der Waals surface area contributed by atoms with Crippen LogP contribution in [0.3, 0.4) is 0 Å². The Hall–Kier alpha value is -3.55. The number of hydrogen-bond donors (Lipinski definition) is 1. The Morgan fingerprint density at radius 2 is 1.94 bits per heavy atom. The van der Waals surface area contributed by atoms with Crippen molar-refractivity contribution in [3.8, 4) is 6.07 Å². The minimum absolute atomic E-state index is 0.296. The second-order valence-corrected chi connectivity index (χ2v) is 9.18. The molecule has 0 bridgehead atoms. The summed E-state index contributed by atoms with van der Waals surface area (Å²) in [5, 5.41) is 13.2. The first-order chi connectivity index (χ1) is 15.9. The molecule has 2 fully saturated rings. The van der Waals surface area contributed by atoms with Crippen LogP contribution in [0, 0.1) is 23.7 Å². The number of anilines is 1. The molecule has 1 spiro atoms. The Kier molecular flexibility index (Phi) is 5.79. The lowest BCUT2D eigenvalue weighted by molar-refractivity contribution is -0.137. The molecule has 0 aliphatic carbocycles. The standard InChI is InChI=1S/C23H25F3N6O2/c1-14-17(12-30(2)29-14)21(34)32-13-22(10-19(32)20(28)33)5-7-31(8-6-22)16-4-3-15(11-27)18(9-16)23(24,25)26/h3-4,9,12,19H,5-8,10,13H2,1-2H3,(H2,28,33). The normalized spacial score (nSPS) is 19.9. The predicted octanol–water partition coefficient (Wildman–Crippen LogP) is 2.61. The molecule has 2 amide bonds. The Morgan fingerprint density at radius 3 is 2.47 bits per heavy atom. The second-order valence-electron chi connectivity index (χ2n) is 9.18. The van der Waals surface area contributed by atoms with Crippen LogP contribution in [0.4, 0.5) is 18.9 Å². The number of aryl methyl sites for hydroxylation is 2. The number of piperidine rings is 1. The van der Waals surface area contributed by atoms with Crippen molar-refractivity contribution < 1.29 is 22.8 Å². The summed E-state index contributed by atoms with van der Waals surface area (Å²) in [6.45, 7) is 3.00. The van der Waals surface area contributed by atoms with Crippen molar-refractivity contribution in [2.75, 3.05) is 24.5 Å². The number of benzene rings is 1. The molecule has 1 aromatic heterocycles. The molecule has 180 valence electrons. The largest absolute Gasteiger partial charge is 0.417 e. The SMILES string of the molecule is Cc1nn(C)cc1C(=O)N1CC2(CCN(c3ccc(C#N)c(C(F)(F)F)c3)CC2)CC1C(N)=O. The van der Waals surface area contributed by atoms with E-state index in [0.717, 1.165) is 6.07 Å². The van der Waals surface area contributed by atoms with E-state index < -0.39 is 29.3 Å². The smallest absolute Gasteiger partial charge is 0.371 e. The number of nitriles is 1. The summed E-state index contributed by atoms with van der Waals surface area (Å²) in [5.74, 6) is -0.869. The van der Waals surface area contributed by atoms with Crippen LogP contribution in [-0.4, -0.2) is 52.2 Å². The number of hydrogen-bond acceptors (Lipinski definition) is 5. The highest BCUT2D eigenvalue weighted by Gasteiger charge is 2.49. The molecular weight excluding hydrogens is 449 g/mol. The fraction of sp³-hybridized carbons (Fsp3) is 0.478. The zero-order valence-electron chi connectivity index (χ0n) is 18.9. The van der Waals surface area contributed by atoms with Crippen LogP contribution in [0.25, 0.3) is 0 Å². The van der Waals surface area contributed by atoms with E-state index in [0.29, 0.717) is 55.8 Å². The third-order valence-electron chi connectivity index (χ3n) is 6.96. The van der Waals surface area contributed by atoms with E-state index in [1.807, 2.05) is 4.90 Å². The highest BCUT2D eigenvalue weighted by Crippen LogP contribution is 2.45. The van der Waals surface area contributed by atoms with Gasteiger partial charge in [0.1, 0.15) is 6.04 Å². The summed E-state index contributed by atoms with van der Waals surface area (Å²) < 4.78 is 41.7. The molecule has 4 rings (SSSR count). The average Bonchev–Trinajstić information content (AvgIpc) is 3.32. The van der Waals surface area contributed by atoms with Gasteiger partial charge >= 0.3 is 6.18 Å². The number of aromatic nitrogens is 2. The molecule has 11 heteroatoms. The minimum atomic E-state index is -4.62. The maximum atomic E-state index is 13.4. The van der Waals surface area contributed by atoms with Gasteiger partial charge in [-0.25, -0.2) is 0 Å². The summed E-state index contributed by atoms with van der Waals surface area (Å²) in [6, 6.07) is 4.58. The highest BCUT2D eigenvalue weighted by atomic mass is 19.4. The number of amides is 2. The molecule has 2 aromatic rings. The molecule has 1 atom stereocenters. The van der Waals surface area contributed by atoms with Gasteiger partial charge in [-0.3, -0.25) is 14.3 Å². The molecule has 3 heterocycles. The molecule has 8 nitrogen and oxygen atoms in total. The van der Waals surface area contributed by atoms with Crippen LogP contribution < -0.4 is 10.6 Å². The monoisotopic (exact) mass is 474 g/mol. The Bertz CT molecular complexity index is 1170. The van der Waals surface area contributed by atoms with Gasteiger partial charge in [-0.05, 0) is 49.8 Å². The van der Waals surface area contributed by atoms with Crippen molar-refractivity contribution in [1.29, 1.82) is 5.26 Å². The average molecular weight is 474 g/mol. The number of primary amides is 1. The summed E-state index contributed by atoms with van der Waals surface area (Å²) in [6.07, 6.45) is -1.40. The van der Waals surface area contributed by atoms with Crippen LogP contribution in [0.2, 0.25) is 0 Å². The Balaban J connectivity index is 1.53. The number of carbonyl (C=O) groups is 2. The topological polar surface area (TPSA) is 108 Å². The number of nitrogens with zero attached hydrogens (tertiary/aromatic N) is 5. The van der Waals surface area contributed by atoms with Gasteiger partial charge in [0.2, 0.25) is 5.91 Å². The van der Waals surface area contributed by atoms with E-state index in [4.69, 9.17) is 11.0 Å². The first kappa shape index (κ1) is 23.6. The number of nitrogens with two attached hydrogens (primary N) is 1. The minimum Gasteiger partial charge on any atom is -0.371 e. The van der Waals surface area contributed by atoms with E-state index in [-0.39, 0.29) is 11.3 Å². The van der Waals surface area contributed by atoms with Crippen molar-refractivity contribution in [2.45, 2.75) is 38.4 Å². The van der Waals surface area contributed by atoms with Crippen LogP contribution in [0.1, 0.15) is 46.4 Å². The van der Waals surface area contributed by atoms with Gasteiger partial charge in [0.25, 0.3) is 5.91 Å². The predicted molar refractivity (Wildman–Crippen MR) is 117 cm³/mol. The Morgan fingerprint density at radius 1 is 1.26 bits per heavy atom. The highest BCUT2D eigenvalue weighted by molar-refractivity contribution is 5.98. The molecular formula is C23H25F3N6O2. The molecule has 0 radical (unpaired) electrons. The van der Waals surface area contributed by atoms with Crippen molar-refractivity contribution in [1.82, 2.24) is 14.7 Å². The van der Waals surface area contributed by atoms with Gasteiger partial charge in [0.05, 0.1) is 28.5 Å². The molecule has 2 aliphatic heterocycles. The lowest BCUT2D eigenvalue weighted by atomic mass is 9.76. The number of carbonyl (C=O) groups excluding carboxylic acids is 2. The van der Waals surface area contributed by atoms with Crippen molar-refractivity contribution >= 4 is 17.5 Å². The molecule has 1 unspecified atom stereocenters. The van der Waals surface area contributed by atoms with Crippen molar-refractivity contribution in [3.63, 3.8) is 0 Å². The van der Waals surface area contributed by atoms with E-state index in [1.165, 1.54) is 17.0 Å². The van der Waals surface area contributed by atoms with Gasteiger partial charge < -0.3 is 15.5 Å². The number of likely N-dealkylation sites (tertiary alicyclic amines) is 1. The maximum Gasteiger partial charge on any atom is 0.417 e. The number of rotatable bonds is 3. The van der Waals surface area contributed by atoms with Gasteiger partial charge in [-0.1, -0.05) is 0 Å². The van der Waals surface area contributed by atoms with Crippen LogP contribution in [-0.2, 0) is 18.0 Å². The van der Waals surface area contributed by atoms with Gasteiger partial charge in [0, 0.05) is 38.6 Å². The second kappa shape index (κ2) is 8.34. The first-order valence-electron chi connectivity index (χ1n) is 10.9. The van der Waals surface area contributed by atoms with E-state index >= 15 is 0 Å². The summed E-state index contributed by atoms with van der Waals surface area (Å²) in [7, 11) is 1.71. The van der Waals surface area contributed by atoms with E-state index in [9.17, 15) is 22.8 Å². The van der Waals surface area contributed by atoms with Crippen molar-refractivity contribution in [2.24, 2.45) is 18.2 Å². The van der Waals surface area contributed by atoms with Gasteiger partial charge in [-0.15, -0.1) is 0 Å². The summed E-state index contributed by atoms with van der Waals surface area (Å²) in [5.41, 5.74) is 5.31. The molecule has 34 heavy (non-hydrogen) atoms. The molecule has 1 aromatic carbocycles. The summed E-state index contributed by atoms with van der Waals surface area (Å²) in [4.78, 5) is 28.8. The third kappa shape index (κ3) is 4.20. The number of halogens is 3. The number of alkyl halides is 3. The van der Waals surface area contributed by atoms with Crippen LogP contribution in [0.5, 0.6) is 0 Å². The fourth-order valence-electron chi connectivity index (χ4n) is 5.15. The van der Waals surface area contributed by atoms with Crippen LogP contribution >= 0.6 is 0 Å². The summed E-state index contributed by atoms with van der Waals surface area (Å²) >= 11 is 0. The quantitative estimate of drug-likeness (QED) is 0.736. The van der Waals surface area contributed by atoms with Crippen LogP contribution in [0.15, 0.2) is 24.4 Å². The van der Waals surface area contributed by atoms with E-state index in [2.05, 4.69) is 5.10 Å². The zero-order chi connectivity index (χ0) is 24.8. The van der Waals surface area contributed by atoms with Gasteiger partial charge in [-0.2, -0.15) is 23.5 Å². The molecule has 2 aliphatic rings. The lowest BCUT2D eigenvalue weighted by Gasteiger charge is -2.40. The third-order valence-corrected chi connectivity index (χ3v) is 6.96. The maximum absolute atomic E-state index is 13.4. The molecule has 2 saturated heterocycles. The Labute approximate surface area is 194 Å². The molecule has 0 saturated carbocycles. The zero-order valence-corrected chi connectivity index (χ0v) is 18.9. The fourth-order valence-corrected chi connectivity index (χ4v) is 5.15. The molecule has 2 N–H and O–H groups in total.